The van der Waals surface area contributed by atoms with Crippen LogP contribution in [0.4, 0.5) is 0 Å². The molecule has 0 radical (unpaired) electrons. The summed E-state index contributed by atoms with van der Waals surface area (Å²) < 4.78 is 0. The van der Waals surface area contributed by atoms with Crippen LogP contribution in [-0.4, -0.2) is 6.71 Å². The van der Waals surface area contributed by atoms with E-state index >= 15 is 0 Å². The molecule has 0 saturated carbocycles. The molecule has 0 nitrogen and oxygen atoms in total. The quantitative estimate of drug-likeness (QED) is 0.412. The Morgan fingerprint density at radius 1 is 1.50 bits per heavy atom. The third kappa shape index (κ3) is 1.45. The minimum absolute atomic E-state index is 0.523. The molecule has 0 aliphatic carbocycles. The van der Waals surface area contributed by atoms with Crippen LogP contribution >= 0.6 is 0 Å². The molecule has 0 aromatic rings. The van der Waals surface area contributed by atoms with Gasteiger partial charge in [-0.2, -0.15) is 0 Å². The molecule has 1 heterocycles. The van der Waals surface area contributed by atoms with Crippen molar-refractivity contribution in [3.63, 3.8) is 0 Å². The van der Waals surface area contributed by atoms with Gasteiger partial charge < -0.3 is 0 Å². The van der Waals surface area contributed by atoms with Crippen LogP contribution < -0.4 is 0 Å². The van der Waals surface area contributed by atoms with Crippen LogP contribution in [0.15, 0.2) is 12.2 Å². The molecule has 1 heteroatoms. The first-order valence-corrected chi connectivity index (χ1v) is 4.37. The van der Waals surface area contributed by atoms with Crippen molar-refractivity contribution >= 4 is 6.71 Å². The molecule has 0 bridgehead atoms. The summed E-state index contributed by atoms with van der Waals surface area (Å²) in [6, 6.07) is 0. The lowest BCUT2D eigenvalue weighted by Gasteiger charge is -2.21. The van der Waals surface area contributed by atoms with E-state index in [9.17, 15) is 0 Å². The van der Waals surface area contributed by atoms with Crippen LogP contribution in [0.5, 0.6) is 0 Å². The highest BCUT2D eigenvalue weighted by Gasteiger charge is 2.41. The largest absolute Gasteiger partial charge is 0.149 e. The van der Waals surface area contributed by atoms with Gasteiger partial charge in [-0.1, -0.05) is 45.1 Å². The lowest BCUT2D eigenvalue weighted by Crippen LogP contribution is -2.13. The predicted molar refractivity (Wildman–Crippen MR) is 48.8 cm³/mol. The molecule has 56 valence electrons. The summed E-state index contributed by atoms with van der Waals surface area (Å²) in [5.74, 6) is 0. The molecule has 0 aromatic carbocycles. The predicted octanol–water partition coefficient (Wildman–Crippen LogP) is 3.24. The van der Waals surface area contributed by atoms with Crippen molar-refractivity contribution in [2.24, 2.45) is 0 Å². The monoisotopic (exact) mass is 136 g/mol. The minimum atomic E-state index is 0.523. The SMILES string of the molecule is CC=CC(C)(CC)B1CC1. The van der Waals surface area contributed by atoms with E-state index in [-0.39, 0.29) is 0 Å². The zero-order valence-electron chi connectivity index (χ0n) is 7.35. The van der Waals surface area contributed by atoms with Gasteiger partial charge in [0.1, 0.15) is 6.71 Å². The lowest BCUT2D eigenvalue weighted by atomic mass is 9.46. The summed E-state index contributed by atoms with van der Waals surface area (Å²) >= 11 is 0. The molecule has 10 heavy (non-hydrogen) atoms. The Balaban J connectivity index is 2.56. The van der Waals surface area contributed by atoms with Gasteiger partial charge in [-0.15, -0.1) is 0 Å². The van der Waals surface area contributed by atoms with Gasteiger partial charge in [-0.05, 0) is 12.2 Å². The van der Waals surface area contributed by atoms with Crippen LogP contribution in [0.25, 0.3) is 0 Å². The van der Waals surface area contributed by atoms with E-state index in [1.54, 1.807) is 0 Å². The fraction of sp³-hybridized carbons (Fsp3) is 0.778. The van der Waals surface area contributed by atoms with Crippen molar-refractivity contribution in [2.45, 2.75) is 45.1 Å². The third-order valence-electron chi connectivity index (χ3n) is 2.82. The molecule has 1 aliphatic heterocycles. The van der Waals surface area contributed by atoms with Gasteiger partial charge in [0, 0.05) is 0 Å². The Morgan fingerprint density at radius 3 is 2.40 bits per heavy atom. The normalized spacial score (nSPS) is 23.3. The van der Waals surface area contributed by atoms with E-state index in [2.05, 4.69) is 32.9 Å². The van der Waals surface area contributed by atoms with Crippen molar-refractivity contribution in [3.05, 3.63) is 12.2 Å². The van der Waals surface area contributed by atoms with Gasteiger partial charge in [-0.25, -0.2) is 0 Å². The molecule has 1 saturated heterocycles. The summed E-state index contributed by atoms with van der Waals surface area (Å²) in [6.07, 6.45) is 8.78. The van der Waals surface area contributed by atoms with Crippen molar-refractivity contribution < 1.29 is 0 Å². The molecule has 0 amide bonds. The molecule has 1 aliphatic rings. The summed E-state index contributed by atoms with van der Waals surface area (Å²) in [4.78, 5) is 0. The van der Waals surface area contributed by atoms with Gasteiger partial charge in [0.25, 0.3) is 0 Å². The van der Waals surface area contributed by atoms with E-state index in [1.807, 2.05) is 0 Å². The van der Waals surface area contributed by atoms with Crippen molar-refractivity contribution in [1.29, 1.82) is 0 Å². The molecule has 0 N–H and O–H groups in total. The Bertz CT molecular complexity index is 136. The average Bonchev–Trinajstić information content (AvgIpc) is 2.69. The first kappa shape index (κ1) is 7.91. The first-order valence-electron chi connectivity index (χ1n) is 4.37. The molecule has 1 fully saturated rings. The molecule has 0 spiro atoms. The van der Waals surface area contributed by atoms with Crippen LogP contribution in [0.2, 0.25) is 18.0 Å². The Kier molecular flexibility index (Phi) is 2.23. The van der Waals surface area contributed by atoms with E-state index < -0.39 is 0 Å². The maximum absolute atomic E-state index is 2.38. The van der Waals surface area contributed by atoms with Gasteiger partial charge in [0.05, 0.1) is 0 Å². The van der Waals surface area contributed by atoms with E-state index in [1.165, 1.54) is 19.1 Å². The minimum Gasteiger partial charge on any atom is -0.0918 e. The van der Waals surface area contributed by atoms with E-state index in [4.69, 9.17) is 0 Å². The van der Waals surface area contributed by atoms with E-state index in [0.29, 0.717) is 5.31 Å². The highest BCUT2D eigenvalue weighted by Crippen LogP contribution is 2.47. The molecular formula is C9H17B. The van der Waals surface area contributed by atoms with Gasteiger partial charge in [0.15, 0.2) is 0 Å². The summed E-state index contributed by atoms with van der Waals surface area (Å²) in [6.45, 7) is 7.79. The van der Waals surface area contributed by atoms with Crippen LogP contribution in [-0.2, 0) is 0 Å². The second kappa shape index (κ2) is 2.81. The molecule has 0 aromatic heterocycles. The average molecular weight is 136 g/mol. The summed E-state index contributed by atoms with van der Waals surface area (Å²) in [5, 5.41) is 0.523. The molecule has 1 atom stereocenters. The van der Waals surface area contributed by atoms with E-state index in [0.717, 1.165) is 6.71 Å². The standard InChI is InChI=1S/C9H17B/c1-4-6-9(3,5-2)10-7-8-10/h4,6H,5,7-8H2,1-3H3. The number of rotatable bonds is 3. The smallest absolute Gasteiger partial charge is 0.0918 e. The number of hydrogen-bond donors (Lipinski definition) is 0. The fourth-order valence-corrected chi connectivity index (χ4v) is 1.67. The number of hydrogen-bond acceptors (Lipinski definition) is 0. The third-order valence-corrected chi connectivity index (χ3v) is 2.82. The van der Waals surface area contributed by atoms with Crippen molar-refractivity contribution in [2.75, 3.05) is 0 Å². The fourth-order valence-electron chi connectivity index (χ4n) is 1.67. The van der Waals surface area contributed by atoms with Crippen LogP contribution in [0.3, 0.4) is 0 Å². The topological polar surface area (TPSA) is 0 Å². The highest BCUT2D eigenvalue weighted by atomic mass is 14.2. The number of allylic oxidation sites excluding steroid dienone is 2. The van der Waals surface area contributed by atoms with Crippen molar-refractivity contribution in [1.82, 2.24) is 0 Å². The second-order valence-electron chi connectivity index (χ2n) is 3.63. The zero-order chi connectivity index (χ0) is 7.61. The van der Waals surface area contributed by atoms with Crippen LogP contribution in [0, 0.1) is 0 Å². The Morgan fingerprint density at radius 2 is 2.10 bits per heavy atom. The van der Waals surface area contributed by atoms with Crippen molar-refractivity contribution in [3.8, 4) is 0 Å². The molecule has 1 unspecified atom stereocenters. The molecular weight excluding hydrogens is 119 g/mol. The second-order valence-corrected chi connectivity index (χ2v) is 3.63. The summed E-state index contributed by atoms with van der Waals surface area (Å²) in [7, 11) is 0. The first-order chi connectivity index (χ1) is 4.73. The Hall–Kier alpha value is -0.195. The maximum Gasteiger partial charge on any atom is 0.149 e. The lowest BCUT2D eigenvalue weighted by molar-refractivity contribution is 0.711. The van der Waals surface area contributed by atoms with Gasteiger partial charge in [0.2, 0.25) is 0 Å². The van der Waals surface area contributed by atoms with Gasteiger partial charge in [-0.3, -0.25) is 0 Å². The zero-order valence-corrected chi connectivity index (χ0v) is 7.35. The van der Waals surface area contributed by atoms with Crippen LogP contribution in [0.1, 0.15) is 27.2 Å². The van der Waals surface area contributed by atoms with Gasteiger partial charge >= 0.3 is 0 Å². The highest BCUT2D eigenvalue weighted by molar-refractivity contribution is 6.73. The maximum atomic E-state index is 2.38. The summed E-state index contributed by atoms with van der Waals surface area (Å²) in [5.41, 5.74) is 0. The molecule has 1 rings (SSSR count). The Labute approximate surface area is 64.8 Å².